The number of para-hydroxylation sites is 2. The van der Waals surface area contributed by atoms with Gasteiger partial charge in [0.25, 0.3) is 0 Å². The fourth-order valence-corrected chi connectivity index (χ4v) is 7.65. The summed E-state index contributed by atoms with van der Waals surface area (Å²) in [6, 6.07) is 78.1. The van der Waals surface area contributed by atoms with Crippen LogP contribution in [0.25, 0.3) is 21.5 Å². The average Bonchev–Trinajstić information content (AvgIpc) is 3.29. The summed E-state index contributed by atoms with van der Waals surface area (Å²) in [5, 5.41) is 8.37. The molecule has 0 amide bonds. The lowest BCUT2D eigenvalue weighted by Gasteiger charge is -2.29. The van der Waals surface area contributed by atoms with E-state index in [-0.39, 0.29) is 0 Å². The first-order valence-corrected chi connectivity index (χ1v) is 19.9. The highest BCUT2D eigenvalue weighted by Crippen LogP contribution is 2.42. The van der Waals surface area contributed by atoms with Crippen molar-refractivity contribution in [3.63, 3.8) is 0 Å². The molecule has 0 atom stereocenters. The molecule has 280 valence electrons. The fraction of sp³-hybridized carbons (Fsp3) is 0.0370. The molecule has 4 heteroatoms. The highest BCUT2D eigenvalue weighted by atomic mass is 15.2. The Morgan fingerprint density at radius 3 is 1.03 bits per heavy atom. The van der Waals surface area contributed by atoms with Gasteiger partial charge in [0.15, 0.2) is 0 Å². The molecule has 9 aromatic rings. The van der Waals surface area contributed by atoms with Crippen molar-refractivity contribution >= 4 is 78.4 Å². The number of fused-ring (bicyclic) bond motifs is 2. The minimum Gasteiger partial charge on any atom is -0.382 e. The van der Waals surface area contributed by atoms with Crippen LogP contribution in [0.1, 0.15) is 6.92 Å². The molecule has 0 aliphatic rings. The highest BCUT2D eigenvalue weighted by molar-refractivity contribution is 5.91. The van der Waals surface area contributed by atoms with Gasteiger partial charge in [-0.15, -0.1) is 0 Å². The monoisotopic (exact) mass is 748 g/mol. The van der Waals surface area contributed by atoms with Gasteiger partial charge in [0.1, 0.15) is 0 Å². The molecule has 0 spiro atoms. The van der Waals surface area contributed by atoms with Crippen molar-refractivity contribution in [1.82, 2.24) is 0 Å². The van der Waals surface area contributed by atoms with Gasteiger partial charge in [0.2, 0.25) is 0 Å². The number of nitrogens with one attached hydrogen (secondary N) is 1. The topological polar surface area (TPSA) is 21.8 Å². The number of hydrogen-bond acceptors (Lipinski definition) is 4. The van der Waals surface area contributed by atoms with Gasteiger partial charge in [-0.1, -0.05) is 109 Å². The Morgan fingerprint density at radius 1 is 0.328 bits per heavy atom. The lowest BCUT2D eigenvalue weighted by atomic mass is 10.1. The molecule has 0 saturated carbocycles. The van der Waals surface area contributed by atoms with E-state index in [1.165, 1.54) is 21.5 Å². The summed E-state index contributed by atoms with van der Waals surface area (Å²) in [6.45, 7) is 2.83. The van der Waals surface area contributed by atoms with Crippen molar-refractivity contribution in [2.45, 2.75) is 6.92 Å². The van der Waals surface area contributed by atoms with Gasteiger partial charge >= 0.3 is 0 Å². The molecule has 1 N–H and O–H groups in total. The minimum atomic E-state index is 0.784. The van der Waals surface area contributed by atoms with E-state index in [4.69, 9.17) is 0 Å². The summed E-state index contributed by atoms with van der Waals surface area (Å²) < 4.78 is 0. The van der Waals surface area contributed by atoms with Crippen LogP contribution in [0.5, 0.6) is 0 Å². The molecular weight excluding hydrogens is 705 g/mol. The first-order valence-electron chi connectivity index (χ1n) is 19.9. The van der Waals surface area contributed by atoms with Crippen molar-refractivity contribution in [3.8, 4) is 0 Å². The van der Waals surface area contributed by atoms with Crippen LogP contribution in [0.3, 0.4) is 0 Å². The molecule has 4 nitrogen and oxygen atoms in total. The Bertz CT molecular complexity index is 2610. The average molecular weight is 749 g/mol. The maximum absolute atomic E-state index is 3.50. The molecule has 0 unspecified atom stereocenters. The second-order valence-corrected chi connectivity index (χ2v) is 14.3. The smallest absolute Gasteiger partial charge is 0.0468 e. The van der Waals surface area contributed by atoms with Crippen LogP contribution in [0.15, 0.2) is 231 Å². The summed E-state index contributed by atoms with van der Waals surface area (Å²) in [6.07, 6.45) is 4.19. The third-order valence-corrected chi connectivity index (χ3v) is 10.5. The molecule has 0 fully saturated rings. The minimum absolute atomic E-state index is 0.784. The lowest BCUT2D eigenvalue weighted by molar-refractivity contribution is 1.24. The van der Waals surface area contributed by atoms with Gasteiger partial charge in [-0.3, -0.25) is 0 Å². The van der Waals surface area contributed by atoms with Crippen molar-refractivity contribution < 1.29 is 0 Å². The normalized spacial score (nSPS) is 11.2. The van der Waals surface area contributed by atoms with E-state index in [9.17, 15) is 0 Å². The van der Waals surface area contributed by atoms with E-state index in [1.54, 1.807) is 0 Å². The zero-order valence-corrected chi connectivity index (χ0v) is 32.5. The first-order chi connectivity index (χ1) is 28.7. The van der Waals surface area contributed by atoms with Crippen LogP contribution < -0.4 is 20.0 Å². The molecule has 0 aliphatic heterocycles. The van der Waals surface area contributed by atoms with E-state index < -0.39 is 0 Å². The number of benzene rings is 9. The second kappa shape index (κ2) is 16.7. The van der Waals surface area contributed by atoms with Gasteiger partial charge < -0.3 is 20.0 Å². The van der Waals surface area contributed by atoms with Crippen LogP contribution >= 0.6 is 0 Å². The van der Waals surface area contributed by atoms with Gasteiger partial charge in [-0.25, -0.2) is 0 Å². The summed E-state index contributed by atoms with van der Waals surface area (Å²) in [5.41, 5.74) is 10.9. The Balaban J connectivity index is 1.10. The number of hydrogen-bond donors (Lipinski definition) is 1. The van der Waals surface area contributed by atoms with Gasteiger partial charge in [0, 0.05) is 63.4 Å². The molecule has 0 saturated heterocycles. The number of anilines is 10. The molecule has 0 bridgehead atoms. The van der Waals surface area contributed by atoms with E-state index in [0.29, 0.717) is 0 Å². The van der Waals surface area contributed by atoms with Crippen molar-refractivity contribution in [2.75, 3.05) is 26.6 Å². The number of allylic oxidation sites excluding steroid dienone is 1. The van der Waals surface area contributed by atoms with Crippen LogP contribution in [0.4, 0.5) is 56.9 Å². The number of rotatable bonds is 12. The van der Waals surface area contributed by atoms with Crippen LogP contribution in [0, 0.1) is 0 Å². The fourth-order valence-electron chi connectivity index (χ4n) is 7.65. The number of nitrogens with zero attached hydrogens (tertiary/aromatic N) is 3. The third kappa shape index (κ3) is 7.64. The molecule has 0 aliphatic carbocycles. The quantitative estimate of drug-likeness (QED) is 0.126. The second-order valence-electron chi connectivity index (χ2n) is 14.3. The summed E-state index contributed by atoms with van der Waals surface area (Å²) in [4.78, 5) is 6.98. The Morgan fingerprint density at radius 2 is 0.638 bits per heavy atom. The van der Waals surface area contributed by atoms with E-state index in [1.807, 2.05) is 6.92 Å². The van der Waals surface area contributed by atoms with Crippen molar-refractivity contribution in [2.24, 2.45) is 0 Å². The first kappa shape index (κ1) is 36.1. The van der Waals surface area contributed by atoms with Gasteiger partial charge in [-0.05, 0) is 150 Å². The molecule has 0 aromatic heterocycles. The van der Waals surface area contributed by atoms with E-state index in [0.717, 1.165) is 63.4 Å². The Hall–Kier alpha value is -7.56. The van der Waals surface area contributed by atoms with Crippen LogP contribution in [-0.2, 0) is 0 Å². The Labute approximate surface area is 341 Å². The molecule has 9 rings (SSSR count). The van der Waals surface area contributed by atoms with Crippen LogP contribution in [0.2, 0.25) is 0 Å². The Kier molecular flexibility index (Phi) is 10.4. The van der Waals surface area contributed by atoms with Crippen LogP contribution in [-0.4, -0.2) is 6.54 Å². The van der Waals surface area contributed by atoms with Crippen molar-refractivity contribution in [1.29, 1.82) is 0 Å². The predicted octanol–water partition coefficient (Wildman–Crippen LogP) is 15.4. The van der Waals surface area contributed by atoms with Crippen molar-refractivity contribution in [3.05, 3.63) is 231 Å². The molecule has 58 heavy (non-hydrogen) atoms. The van der Waals surface area contributed by atoms with E-state index >= 15 is 0 Å². The molecular formula is C54H44N4. The zero-order chi connectivity index (χ0) is 39.1. The van der Waals surface area contributed by atoms with Gasteiger partial charge in [0.05, 0.1) is 0 Å². The largest absolute Gasteiger partial charge is 0.382 e. The summed E-state index contributed by atoms with van der Waals surface area (Å²) in [5.74, 6) is 0. The zero-order valence-electron chi connectivity index (χ0n) is 32.5. The van der Waals surface area contributed by atoms with E-state index in [2.05, 4.69) is 251 Å². The summed E-state index contributed by atoms with van der Waals surface area (Å²) in [7, 11) is 0. The predicted molar refractivity (Wildman–Crippen MR) is 249 cm³/mol. The highest BCUT2D eigenvalue weighted by Gasteiger charge is 2.18. The SMILES string of the molecule is CC=CCNc1ccc(N(c2ccc(N(c3ccccc3)c3ccc4ccccc4c3)cc2)c2ccc(N(c3ccccc3)c3ccc4ccccc4c3)cc2)cc1. The standard InChI is InChI=1S/C54H44N4/c1-2-3-38-55-45-24-28-48(29-25-45)56(49-30-34-51(35-31-49)57(46-18-6-4-7-19-46)53-26-22-41-14-10-12-16-43(41)39-53)50-32-36-52(37-33-50)58(47-20-8-5-9-21-47)54-27-23-42-15-11-13-17-44(42)40-54/h2-37,39-40,55H,38H2,1H3. The molecule has 0 heterocycles. The molecule has 9 aromatic carbocycles. The maximum atomic E-state index is 3.50. The molecule has 0 radical (unpaired) electrons. The third-order valence-electron chi connectivity index (χ3n) is 10.5. The lowest BCUT2D eigenvalue weighted by Crippen LogP contribution is -2.13. The maximum Gasteiger partial charge on any atom is 0.0468 e. The summed E-state index contributed by atoms with van der Waals surface area (Å²) >= 11 is 0. The van der Waals surface area contributed by atoms with Gasteiger partial charge in [-0.2, -0.15) is 0 Å².